The maximum Gasteiger partial charge on any atom is 0.242 e. The summed E-state index contributed by atoms with van der Waals surface area (Å²) in [5.41, 5.74) is 6.21. The van der Waals surface area contributed by atoms with Crippen LogP contribution in [0.25, 0.3) is 0 Å². The van der Waals surface area contributed by atoms with Crippen LogP contribution in [0.15, 0.2) is 48.5 Å². The molecule has 0 heterocycles. The number of carbonyl (C=O) groups excluding carboxylic acids is 2. The predicted molar refractivity (Wildman–Crippen MR) is 86.2 cm³/mol. The number of hydrogen-bond acceptors (Lipinski definition) is 2. The topological polar surface area (TPSA) is 58.2 Å². The maximum atomic E-state index is 13.0. The number of carbonyl (C=O) groups is 2. The van der Waals surface area contributed by atoms with E-state index in [2.05, 4.69) is 10.9 Å². The molecule has 2 N–H and O–H groups in total. The Hall–Kier alpha value is -2.40. The van der Waals surface area contributed by atoms with Crippen LogP contribution in [-0.4, -0.2) is 11.8 Å². The summed E-state index contributed by atoms with van der Waals surface area (Å²) in [5, 5.41) is 0.597. The van der Waals surface area contributed by atoms with Crippen LogP contribution in [0.4, 0.5) is 4.39 Å². The Morgan fingerprint density at radius 2 is 1.65 bits per heavy atom. The fourth-order valence-corrected chi connectivity index (χ4v) is 2.11. The molecule has 0 aliphatic rings. The van der Waals surface area contributed by atoms with Gasteiger partial charge in [0, 0.05) is 11.4 Å². The van der Waals surface area contributed by atoms with Gasteiger partial charge in [-0.05, 0) is 41.8 Å². The number of hydrazine groups is 1. The predicted octanol–water partition coefficient (Wildman–Crippen LogP) is 2.80. The van der Waals surface area contributed by atoms with Gasteiger partial charge < -0.3 is 0 Å². The smallest absolute Gasteiger partial charge is 0.242 e. The lowest BCUT2D eigenvalue weighted by Crippen LogP contribution is -2.42. The van der Waals surface area contributed by atoms with Gasteiger partial charge in [0.1, 0.15) is 5.82 Å². The lowest BCUT2D eigenvalue weighted by atomic mass is 10.1. The fourth-order valence-electron chi connectivity index (χ4n) is 1.98. The van der Waals surface area contributed by atoms with Gasteiger partial charge >= 0.3 is 0 Å². The highest BCUT2D eigenvalue weighted by Crippen LogP contribution is 2.09. The number of rotatable bonds is 5. The summed E-state index contributed by atoms with van der Waals surface area (Å²) in [6.45, 7) is 0. The summed E-state index contributed by atoms with van der Waals surface area (Å²) in [7, 11) is 0. The van der Waals surface area contributed by atoms with Gasteiger partial charge in [-0.25, -0.2) is 4.39 Å². The van der Waals surface area contributed by atoms with Crippen LogP contribution in [0.1, 0.15) is 17.5 Å². The summed E-state index contributed by atoms with van der Waals surface area (Å²) >= 11 is 5.76. The summed E-state index contributed by atoms with van der Waals surface area (Å²) in [5.74, 6) is -0.996. The zero-order valence-corrected chi connectivity index (χ0v) is 13.1. The number of amides is 2. The molecular weight excluding hydrogens is 319 g/mol. The second kappa shape index (κ2) is 8.29. The third-order valence-electron chi connectivity index (χ3n) is 3.15. The van der Waals surface area contributed by atoms with E-state index in [1.54, 1.807) is 36.4 Å². The van der Waals surface area contributed by atoms with Crippen LogP contribution in [0.2, 0.25) is 5.02 Å². The summed E-state index contributed by atoms with van der Waals surface area (Å²) in [6.07, 6.45) is 0.697. The van der Waals surface area contributed by atoms with Gasteiger partial charge in [-0.1, -0.05) is 35.9 Å². The molecule has 0 aliphatic heterocycles. The number of hydrogen-bond donors (Lipinski definition) is 2. The minimum absolute atomic E-state index is 0.140. The van der Waals surface area contributed by atoms with Gasteiger partial charge in [-0.15, -0.1) is 0 Å². The largest absolute Gasteiger partial charge is 0.273 e. The van der Waals surface area contributed by atoms with Crippen LogP contribution in [0, 0.1) is 5.82 Å². The zero-order valence-electron chi connectivity index (χ0n) is 12.3. The molecule has 4 nitrogen and oxygen atoms in total. The molecule has 0 saturated heterocycles. The van der Waals surface area contributed by atoms with Crippen LogP contribution < -0.4 is 10.9 Å². The van der Waals surface area contributed by atoms with Crippen molar-refractivity contribution in [2.45, 2.75) is 19.3 Å². The number of benzene rings is 2. The molecule has 0 saturated carbocycles. The van der Waals surface area contributed by atoms with E-state index in [4.69, 9.17) is 11.6 Å². The Labute approximate surface area is 138 Å². The SMILES string of the molecule is O=C(CCc1cccc(F)c1)NNC(=O)Cc1ccc(Cl)cc1. The maximum absolute atomic E-state index is 13.0. The lowest BCUT2D eigenvalue weighted by molar-refractivity contribution is -0.128. The Morgan fingerprint density at radius 1 is 0.957 bits per heavy atom. The van der Waals surface area contributed by atoms with E-state index in [0.29, 0.717) is 11.4 Å². The molecule has 0 fully saturated rings. The molecule has 0 bridgehead atoms. The van der Waals surface area contributed by atoms with E-state index in [0.717, 1.165) is 11.1 Å². The molecule has 2 aromatic rings. The van der Waals surface area contributed by atoms with Gasteiger partial charge in [0.15, 0.2) is 0 Å². The van der Waals surface area contributed by atoms with Crippen LogP contribution in [0.5, 0.6) is 0 Å². The molecule has 0 atom stereocenters. The molecule has 120 valence electrons. The first-order valence-electron chi connectivity index (χ1n) is 7.09. The lowest BCUT2D eigenvalue weighted by Gasteiger charge is -2.07. The minimum Gasteiger partial charge on any atom is -0.273 e. The van der Waals surface area contributed by atoms with E-state index in [1.807, 2.05) is 0 Å². The van der Waals surface area contributed by atoms with Crippen molar-refractivity contribution in [1.82, 2.24) is 10.9 Å². The molecule has 0 spiro atoms. The second-order valence-electron chi connectivity index (χ2n) is 5.03. The molecule has 2 amide bonds. The number of aryl methyl sites for hydroxylation is 1. The third kappa shape index (κ3) is 6.08. The number of halogens is 2. The molecule has 0 unspecified atom stereocenters. The first kappa shape index (κ1) is 17.0. The van der Waals surface area contributed by atoms with Crippen molar-refractivity contribution in [1.29, 1.82) is 0 Å². The molecule has 0 radical (unpaired) electrons. The Balaban J connectivity index is 1.71. The second-order valence-corrected chi connectivity index (χ2v) is 5.47. The molecular formula is C17H16ClFN2O2. The summed E-state index contributed by atoms with van der Waals surface area (Å²) in [6, 6.07) is 12.9. The van der Waals surface area contributed by atoms with E-state index in [-0.39, 0.29) is 30.5 Å². The molecule has 23 heavy (non-hydrogen) atoms. The quantitative estimate of drug-likeness (QED) is 0.826. The van der Waals surface area contributed by atoms with Gasteiger partial charge in [0.2, 0.25) is 11.8 Å². The first-order valence-corrected chi connectivity index (χ1v) is 7.47. The average molecular weight is 335 g/mol. The fraction of sp³-hybridized carbons (Fsp3) is 0.176. The highest BCUT2D eigenvalue weighted by atomic mass is 35.5. The van der Waals surface area contributed by atoms with Gasteiger partial charge in [0.25, 0.3) is 0 Å². The Kier molecular flexibility index (Phi) is 6.11. The molecule has 0 aromatic heterocycles. The van der Waals surface area contributed by atoms with Crippen LogP contribution in [0.3, 0.4) is 0 Å². The van der Waals surface area contributed by atoms with E-state index >= 15 is 0 Å². The van der Waals surface area contributed by atoms with Gasteiger partial charge in [0.05, 0.1) is 6.42 Å². The monoisotopic (exact) mass is 334 g/mol. The van der Waals surface area contributed by atoms with Crippen LogP contribution >= 0.6 is 11.6 Å². The van der Waals surface area contributed by atoms with Crippen molar-refractivity contribution in [3.05, 3.63) is 70.5 Å². The first-order chi connectivity index (χ1) is 11.0. The zero-order chi connectivity index (χ0) is 16.7. The van der Waals surface area contributed by atoms with Gasteiger partial charge in [-0.2, -0.15) is 0 Å². The highest BCUT2D eigenvalue weighted by molar-refractivity contribution is 6.30. The van der Waals surface area contributed by atoms with Crippen molar-refractivity contribution >= 4 is 23.4 Å². The van der Waals surface area contributed by atoms with Crippen molar-refractivity contribution in [2.24, 2.45) is 0 Å². The minimum atomic E-state index is -0.335. The molecule has 2 rings (SSSR count). The van der Waals surface area contributed by atoms with Gasteiger partial charge in [-0.3, -0.25) is 20.4 Å². The van der Waals surface area contributed by atoms with Crippen molar-refractivity contribution in [3.8, 4) is 0 Å². The van der Waals surface area contributed by atoms with Crippen molar-refractivity contribution in [2.75, 3.05) is 0 Å². The van der Waals surface area contributed by atoms with E-state index in [9.17, 15) is 14.0 Å². The standard InChI is InChI=1S/C17H16ClFN2O2/c18-14-7-4-13(5-8-14)11-17(23)21-20-16(22)9-6-12-2-1-3-15(19)10-12/h1-5,7-8,10H,6,9,11H2,(H,20,22)(H,21,23). The van der Waals surface area contributed by atoms with Crippen LogP contribution in [-0.2, 0) is 22.4 Å². The van der Waals surface area contributed by atoms with E-state index < -0.39 is 0 Å². The molecule has 6 heteroatoms. The Bertz CT molecular complexity index is 689. The molecule has 0 aliphatic carbocycles. The number of nitrogens with one attached hydrogen (secondary N) is 2. The normalized spacial score (nSPS) is 10.2. The van der Waals surface area contributed by atoms with Crippen molar-refractivity contribution < 1.29 is 14.0 Å². The Morgan fingerprint density at radius 3 is 2.35 bits per heavy atom. The van der Waals surface area contributed by atoms with Crippen molar-refractivity contribution in [3.63, 3.8) is 0 Å². The molecule has 2 aromatic carbocycles. The summed E-state index contributed by atoms with van der Waals surface area (Å²) in [4.78, 5) is 23.4. The summed E-state index contributed by atoms with van der Waals surface area (Å²) < 4.78 is 13.0. The highest BCUT2D eigenvalue weighted by Gasteiger charge is 2.06. The third-order valence-corrected chi connectivity index (χ3v) is 3.40. The van der Waals surface area contributed by atoms with E-state index in [1.165, 1.54) is 12.1 Å². The average Bonchev–Trinajstić information content (AvgIpc) is 2.53.